The Balaban J connectivity index is 2.70. The van der Waals surface area contributed by atoms with E-state index in [-0.39, 0.29) is 0 Å². The van der Waals surface area contributed by atoms with E-state index in [2.05, 4.69) is 34.8 Å². The van der Waals surface area contributed by atoms with Crippen molar-refractivity contribution in [3.8, 4) is 0 Å². The van der Waals surface area contributed by atoms with Crippen LogP contribution in [-0.4, -0.2) is 0 Å². The molecule has 0 bridgehead atoms. The van der Waals surface area contributed by atoms with E-state index in [1.54, 1.807) is 5.57 Å². The molecule has 1 heteroatoms. The summed E-state index contributed by atoms with van der Waals surface area (Å²) in [6.45, 7) is 4.67. The maximum Gasteiger partial charge on any atom is -0.0136 e. The van der Waals surface area contributed by atoms with Gasteiger partial charge in [0.15, 0.2) is 0 Å². The Kier molecular flexibility index (Phi) is 2.56. The molecule has 1 fully saturated rings. The molecule has 1 aliphatic rings. The van der Waals surface area contributed by atoms with Crippen molar-refractivity contribution < 1.29 is 0 Å². The van der Waals surface area contributed by atoms with Crippen LogP contribution in [-0.2, 0) is 0 Å². The summed E-state index contributed by atoms with van der Waals surface area (Å²) in [4.78, 5) is 2.12. The molecule has 0 spiro atoms. The van der Waals surface area contributed by atoms with E-state index >= 15 is 0 Å². The van der Waals surface area contributed by atoms with Crippen LogP contribution < -0.4 is 0 Å². The van der Waals surface area contributed by atoms with E-state index in [4.69, 9.17) is 0 Å². The van der Waals surface area contributed by atoms with Gasteiger partial charge in [0.25, 0.3) is 0 Å². The topological polar surface area (TPSA) is 0 Å². The summed E-state index contributed by atoms with van der Waals surface area (Å²) in [7, 11) is 0. The molecule has 0 amide bonds. The van der Waals surface area contributed by atoms with Gasteiger partial charge in [0.2, 0.25) is 0 Å². The number of hydrogen-bond donors (Lipinski definition) is 0. The zero-order valence-electron chi connectivity index (χ0n) is 6.78. The molecule has 0 N–H and O–H groups in total. The molecule has 0 radical (unpaired) electrons. The highest BCUT2D eigenvalue weighted by molar-refractivity contribution is 9.11. The molecular weight excluding hydrogens is 188 g/mol. The first-order valence-electron chi connectivity index (χ1n) is 3.96. The number of allylic oxidation sites excluding steroid dienone is 1. The molecule has 0 nitrogen and oxygen atoms in total. The van der Waals surface area contributed by atoms with Crippen molar-refractivity contribution >= 4 is 15.9 Å². The lowest BCUT2D eigenvalue weighted by Gasteiger charge is -2.32. The van der Waals surface area contributed by atoms with E-state index in [1.807, 2.05) is 0 Å². The first-order valence-corrected chi connectivity index (χ1v) is 4.88. The van der Waals surface area contributed by atoms with Gasteiger partial charge in [0.1, 0.15) is 0 Å². The third kappa shape index (κ3) is 1.63. The Labute approximate surface area is 71.8 Å². The van der Waals surface area contributed by atoms with Gasteiger partial charge in [-0.05, 0) is 29.7 Å². The van der Waals surface area contributed by atoms with Gasteiger partial charge in [-0.1, -0.05) is 41.8 Å². The van der Waals surface area contributed by atoms with Gasteiger partial charge in [0.05, 0.1) is 0 Å². The van der Waals surface area contributed by atoms with Gasteiger partial charge in [-0.25, -0.2) is 0 Å². The second-order valence-corrected chi connectivity index (χ2v) is 4.18. The zero-order chi connectivity index (χ0) is 7.61. The lowest BCUT2D eigenvalue weighted by atomic mass is 9.74. The Bertz CT molecular complexity index is 145. The summed E-state index contributed by atoms with van der Waals surface area (Å²) in [5.74, 6) is 0. The summed E-state index contributed by atoms with van der Waals surface area (Å²) in [5.41, 5.74) is 2.04. The summed E-state index contributed by atoms with van der Waals surface area (Å²) >= 11 is 3.42. The molecule has 0 atom stereocenters. The van der Waals surface area contributed by atoms with Crippen molar-refractivity contribution in [3.05, 3.63) is 10.6 Å². The molecule has 0 aromatic carbocycles. The normalized spacial score (nSPS) is 28.9. The molecule has 58 valence electrons. The van der Waals surface area contributed by atoms with Gasteiger partial charge in [-0.3, -0.25) is 0 Å². The van der Waals surface area contributed by atoms with Gasteiger partial charge in [-0.2, -0.15) is 0 Å². The Morgan fingerprint density at radius 3 is 2.50 bits per heavy atom. The largest absolute Gasteiger partial charge is 0.0595 e. The SMILES string of the molecule is CC1(C)CCCC/C1=C\Br. The van der Waals surface area contributed by atoms with Crippen LogP contribution in [0.1, 0.15) is 39.5 Å². The fourth-order valence-corrected chi connectivity index (χ4v) is 2.43. The Morgan fingerprint density at radius 2 is 2.10 bits per heavy atom. The highest BCUT2D eigenvalue weighted by atomic mass is 79.9. The van der Waals surface area contributed by atoms with Crippen LogP contribution in [0.4, 0.5) is 0 Å². The fourth-order valence-electron chi connectivity index (χ4n) is 1.58. The average Bonchev–Trinajstić information content (AvgIpc) is 1.87. The fraction of sp³-hybridized carbons (Fsp3) is 0.778. The molecule has 0 heterocycles. The molecule has 0 unspecified atom stereocenters. The van der Waals surface area contributed by atoms with Crippen LogP contribution in [0.5, 0.6) is 0 Å². The highest BCUT2D eigenvalue weighted by Crippen LogP contribution is 2.40. The number of rotatable bonds is 0. The predicted molar refractivity (Wildman–Crippen MR) is 49.3 cm³/mol. The van der Waals surface area contributed by atoms with Crippen LogP contribution in [0.15, 0.2) is 10.6 Å². The Hall–Kier alpha value is 0.220. The second kappa shape index (κ2) is 3.08. The van der Waals surface area contributed by atoms with E-state index in [1.165, 1.54) is 25.7 Å². The minimum absolute atomic E-state index is 0.460. The molecule has 1 aliphatic carbocycles. The standard InChI is InChI=1S/C9H15Br/c1-9(2)6-4-3-5-8(9)7-10/h7H,3-6H2,1-2H3/b8-7+. The van der Waals surface area contributed by atoms with Crippen LogP contribution in [0, 0.1) is 5.41 Å². The lowest BCUT2D eigenvalue weighted by molar-refractivity contribution is 0.337. The van der Waals surface area contributed by atoms with Crippen LogP contribution in [0.3, 0.4) is 0 Å². The van der Waals surface area contributed by atoms with Gasteiger partial charge in [0, 0.05) is 0 Å². The minimum Gasteiger partial charge on any atom is -0.0595 e. The van der Waals surface area contributed by atoms with Crippen LogP contribution in [0.25, 0.3) is 0 Å². The van der Waals surface area contributed by atoms with E-state index in [9.17, 15) is 0 Å². The maximum absolute atomic E-state index is 3.42. The summed E-state index contributed by atoms with van der Waals surface area (Å²) in [6.07, 6.45) is 5.42. The van der Waals surface area contributed by atoms with E-state index in [0.29, 0.717) is 5.41 Å². The van der Waals surface area contributed by atoms with Crippen molar-refractivity contribution in [1.29, 1.82) is 0 Å². The van der Waals surface area contributed by atoms with Crippen molar-refractivity contribution in [1.82, 2.24) is 0 Å². The summed E-state index contributed by atoms with van der Waals surface area (Å²) < 4.78 is 0. The average molecular weight is 203 g/mol. The smallest absolute Gasteiger partial charge is 0.0136 e. The van der Waals surface area contributed by atoms with E-state index < -0.39 is 0 Å². The van der Waals surface area contributed by atoms with Crippen molar-refractivity contribution in [2.45, 2.75) is 39.5 Å². The Morgan fingerprint density at radius 1 is 1.40 bits per heavy atom. The van der Waals surface area contributed by atoms with Crippen molar-refractivity contribution in [3.63, 3.8) is 0 Å². The van der Waals surface area contributed by atoms with Gasteiger partial charge in [-0.15, -0.1) is 0 Å². The van der Waals surface area contributed by atoms with Crippen LogP contribution in [0.2, 0.25) is 0 Å². The third-order valence-electron chi connectivity index (χ3n) is 2.50. The van der Waals surface area contributed by atoms with Crippen molar-refractivity contribution in [2.75, 3.05) is 0 Å². The molecule has 0 aromatic heterocycles. The molecular formula is C9H15Br. The molecule has 1 rings (SSSR count). The maximum atomic E-state index is 3.42. The van der Waals surface area contributed by atoms with E-state index in [0.717, 1.165) is 0 Å². The van der Waals surface area contributed by atoms with Crippen LogP contribution >= 0.6 is 15.9 Å². The van der Waals surface area contributed by atoms with Gasteiger partial charge >= 0.3 is 0 Å². The third-order valence-corrected chi connectivity index (χ3v) is 3.05. The summed E-state index contributed by atoms with van der Waals surface area (Å²) in [5, 5.41) is 0. The monoisotopic (exact) mass is 202 g/mol. The number of halogens is 1. The first kappa shape index (κ1) is 8.32. The second-order valence-electron chi connectivity index (χ2n) is 3.73. The first-order chi connectivity index (χ1) is 4.67. The molecule has 0 aliphatic heterocycles. The molecule has 10 heavy (non-hydrogen) atoms. The number of hydrogen-bond acceptors (Lipinski definition) is 0. The quantitative estimate of drug-likeness (QED) is 0.560. The molecule has 0 aromatic rings. The predicted octanol–water partition coefficient (Wildman–Crippen LogP) is 3.87. The minimum atomic E-state index is 0.460. The molecule has 1 saturated carbocycles. The lowest BCUT2D eigenvalue weighted by Crippen LogP contribution is -2.18. The highest BCUT2D eigenvalue weighted by Gasteiger charge is 2.25. The van der Waals surface area contributed by atoms with Crippen molar-refractivity contribution in [2.24, 2.45) is 5.41 Å². The zero-order valence-corrected chi connectivity index (χ0v) is 8.37. The summed E-state index contributed by atoms with van der Waals surface area (Å²) in [6, 6.07) is 0. The van der Waals surface area contributed by atoms with Gasteiger partial charge < -0.3 is 0 Å². The molecule has 0 saturated heterocycles.